The second kappa shape index (κ2) is 7.45. The van der Waals surface area contributed by atoms with Crippen molar-refractivity contribution in [2.45, 2.75) is 16.5 Å². The van der Waals surface area contributed by atoms with E-state index in [-0.39, 0.29) is 16.6 Å². The predicted octanol–water partition coefficient (Wildman–Crippen LogP) is 4.51. The van der Waals surface area contributed by atoms with Crippen LogP contribution in [-0.2, 0) is 0 Å². The molecule has 0 bridgehead atoms. The average molecular weight is 399 g/mol. The summed E-state index contributed by atoms with van der Waals surface area (Å²) in [4.78, 5) is 19.6. The zero-order chi connectivity index (χ0) is 18.8. The maximum Gasteiger partial charge on any atom is 0.258 e. The Bertz CT molecular complexity index is 1160. The first-order valence-corrected chi connectivity index (χ1v) is 9.80. The summed E-state index contributed by atoms with van der Waals surface area (Å²) in [7, 11) is 0. The molecule has 0 aliphatic rings. The lowest BCUT2D eigenvalue weighted by Gasteiger charge is -2.08. The molecule has 0 aliphatic carbocycles. The van der Waals surface area contributed by atoms with Gasteiger partial charge in [-0.05, 0) is 31.2 Å². The number of hydrogen-bond donors (Lipinski definition) is 2. The predicted molar refractivity (Wildman–Crippen MR) is 106 cm³/mol. The van der Waals surface area contributed by atoms with E-state index in [1.165, 1.54) is 29.2 Å². The molecule has 0 amide bonds. The molecule has 0 aliphatic heterocycles. The monoisotopic (exact) mass is 399 g/mol. The number of anilines is 2. The van der Waals surface area contributed by atoms with Crippen LogP contribution in [-0.4, -0.2) is 20.2 Å². The van der Waals surface area contributed by atoms with E-state index in [2.05, 4.69) is 25.5 Å². The van der Waals surface area contributed by atoms with Crippen molar-refractivity contribution in [3.8, 4) is 0 Å². The Morgan fingerprint density at radius 2 is 1.93 bits per heavy atom. The van der Waals surface area contributed by atoms with Crippen LogP contribution in [0, 0.1) is 5.82 Å². The molecule has 0 spiro atoms. The molecule has 1 atom stereocenters. The molecule has 2 aromatic carbocycles. The number of para-hydroxylation sites is 2. The van der Waals surface area contributed by atoms with E-state index >= 15 is 0 Å². The van der Waals surface area contributed by atoms with Gasteiger partial charge in [-0.15, -0.1) is 10.2 Å². The Morgan fingerprint density at radius 1 is 1.15 bits per heavy atom. The summed E-state index contributed by atoms with van der Waals surface area (Å²) >= 11 is 2.74. The number of nitrogens with one attached hydrogen (secondary N) is 2. The minimum atomic E-state index is -0.354. The van der Waals surface area contributed by atoms with Crippen molar-refractivity contribution in [1.29, 1.82) is 0 Å². The summed E-state index contributed by atoms with van der Waals surface area (Å²) < 4.78 is 14.4. The Balaban J connectivity index is 1.52. The number of rotatable bonds is 5. The second-order valence-electron chi connectivity index (χ2n) is 5.71. The van der Waals surface area contributed by atoms with Crippen molar-refractivity contribution in [1.82, 2.24) is 20.2 Å². The summed E-state index contributed by atoms with van der Waals surface area (Å²) in [6, 6.07) is 13.6. The number of hydrogen-bond acceptors (Lipinski definition) is 7. The number of aromatic nitrogens is 4. The SMILES string of the molecule is C[C@H](Sc1nnc(Nc2ccccc2F)s1)c1nc2ccccc2c(=O)[nH]1. The fraction of sp³-hybridized carbons (Fsp3) is 0.111. The van der Waals surface area contributed by atoms with Crippen molar-refractivity contribution in [3.05, 3.63) is 70.5 Å². The Kier molecular flexibility index (Phi) is 4.87. The van der Waals surface area contributed by atoms with Crippen molar-refractivity contribution in [2.75, 3.05) is 5.32 Å². The van der Waals surface area contributed by atoms with Crippen LogP contribution in [0.1, 0.15) is 18.0 Å². The van der Waals surface area contributed by atoms with Gasteiger partial charge in [0.1, 0.15) is 11.6 Å². The van der Waals surface area contributed by atoms with Crippen molar-refractivity contribution in [2.24, 2.45) is 0 Å². The molecule has 2 heterocycles. The smallest absolute Gasteiger partial charge is 0.258 e. The van der Waals surface area contributed by atoms with Crippen LogP contribution in [0.4, 0.5) is 15.2 Å². The standard InChI is InChI=1S/C18H14FN5OS2/c1-10(15-20-13-8-4-2-6-11(13)16(25)22-15)26-18-24-23-17(27-18)21-14-9-5-3-7-12(14)19/h2-10H,1H3,(H,21,23)(H,20,22,25)/t10-/m0/s1. The van der Waals surface area contributed by atoms with Crippen LogP contribution in [0.5, 0.6) is 0 Å². The molecule has 4 rings (SSSR count). The van der Waals surface area contributed by atoms with Crippen molar-refractivity contribution in [3.63, 3.8) is 0 Å². The van der Waals surface area contributed by atoms with E-state index < -0.39 is 0 Å². The highest BCUT2D eigenvalue weighted by molar-refractivity contribution is 8.01. The fourth-order valence-electron chi connectivity index (χ4n) is 2.49. The summed E-state index contributed by atoms with van der Waals surface area (Å²) in [6.07, 6.45) is 0. The lowest BCUT2D eigenvalue weighted by Crippen LogP contribution is -2.12. The first kappa shape index (κ1) is 17.6. The van der Waals surface area contributed by atoms with E-state index in [1.54, 1.807) is 24.3 Å². The zero-order valence-electron chi connectivity index (χ0n) is 14.1. The third-order valence-electron chi connectivity index (χ3n) is 3.82. The molecule has 9 heteroatoms. The number of benzene rings is 2. The van der Waals surface area contributed by atoms with Gasteiger partial charge in [-0.2, -0.15) is 0 Å². The second-order valence-corrected chi connectivity index (χ2v) is 8.27. The van der Waals surface area contributed by atoms with Gasteiger partial charge in [0.25, 0.3) is 5.56 Å². The van der Waals surface area contributed by atoms with E-state index in [0.29, 0.717) is 31.9 Å². The number of H-pyrrole nitrogens is 1. The first-order valence-electron chi connectivity index (χ1n) is 8.11. The highest BCUT2D eigenvalue weighted by Crippen LogP contribution is 2.36. The van der Waals surface area contributed by atoms with Gasteiger partial charge in [-0.25, -0.2) is 9.37 Å². The molecule has 27 heavy (non-hydrogen) atoms. The van der Waals surface area contributed by atoms with Crippen LogP contribution < -0.4 is 10.9 Å². The summed E-state index contributed by atoms with van der Waals surface area (Å²) in [5.41, 5.74) is 0.837. The van der Waals surface area contributed by atoms with Crippen LogP contribution in [0.25, 0.3) is 10.9 Å². The molecule has 0 unspecified atom stereocenters. The zero-order valence-corrected chi connectivity index (χ0v) is 15.8. The number of aromatic amines is 1. The van der Waals surface area contributed by atoms with Gasteiger partial charge in [0.2, 0.25) is 5.13 Å². The number of thioether (sulfide) groups is 1. The molecule has 2 N–H and O–H groups in total. The Hall–Kier alpha value is -2.78. The molecular formula is C18H14FN5OS2. The van der Waals surface area contributed by atoms with Gasteiger partial charge in [0.15, 0.2) is 4.34 Å². The average Bonchev–Trinajstić information content (AvgIpc) is 3.10. The van der Waals surface area contributed by atoms with Crippen LogP contribution >= 0.6 is 23.1 Å². The third kappa shape index (κ3) is 3.83. The highest BCUT2D eigenvalue weighted by atomic mass is 32.2. The van der Waals surface area contributed by atoms with E-state index in [4.69, 9.17) is 0 Å². The lowest BCUT2D eigenvalue weighted by atomic mass is 10.2. The summed E-state index contributed by atoms with van der Waals surface area (Å²) in [5.74, 6) is 0.218. The lowest BCUT2D eigenvalue weighted by molar-refractivity contribution is 0.632. The quantitative estimate of drug-likeness (QED) is 0.481. The molecule has 0 fully saturated rings. The van der Waals surface area contributed by atoms with E-state index in [1.807, 2.05) is 25.1 Å². The van der Waals surface area contributed by atoms with Gasteiger partial charge < -0.3 is 10.3 Å². The summed E-state index contributed by atoms with van der Waals surface area (Å²) in [6.45, 7) is 1.93. The molecule has 2 aromatic heterocycles. The molecule has 6 nitrogen and oxygen atoms in total. The van der Waals surface area contributed by atoms with Crippen LogP contribution in [0.2, 0.25) is 0 Å². The molecular weight excluding hydrogens is 385 g/mol. The third-order valence-corrected chi connectivity index (χ3v) is 5.85. The van der Waals surface area contributed by atoms with Crippen molar-refractivity contribution < 1.29 is 4.39 Å². The van der Waals surface area contributed by atoms with Crippen LogP contribution in [0.3, 0.4) is 0 Å². The van der Waals surface area contributed by atoms with Gasteiger partial charge in [-0.3, -0.25) is 4.79 Å². The van der Waals surface area contributed by atoms with Crippen LogP contribution in [0.15, 0.2) is 57.7 Å². The number of fused-ring (bicyclic) bond motifs is 1. The van der Waals surface area contributed by atoms with E-state index in [9.17, 15) is 9.18 Å². The molecule has 136 valence electrons. The highest BCUT2D eigenvalue weighted by Gasteiger charge is 2.15. The van der Waals surface area contributed by atoms with Crippen molar-refractivity contribution >= 4 is 44.8 Å². The first-order chi connectivity index (χ1) is 13.1. The molecule has 0 saturated carbocycles. The van der Waals surface area contributed by atoms with Gasteiger partial charge in [-0.1, -0.05) is 47.4 Å². The molecule has 0 radical (unpaired) electrons. The molecule has 0 saturated heterocycles. The Labute approximate surface area is 161 Å². The van der Waals surface area contributed by atoms with Gasteiger partial charge in [0.05, 0.1) is 21.8 Å². The maximum atomic E-state index is 13.7. The fourth-order valence-corrected chi connectivity index (χ4v) is 4.46. The van der Waals surface area contributed by atoms with Gasteiger partial charge in [0, 0.05) is 0 Å². The van der Waals surface area contributed by atoms with Gasteiger partial charge >= 0.3 is 0 Å². The summed E-state index contributed by atoms with van der Waals surface area (Å²) in [5, 5.41) is 12.0. The largest absolute Gasteiger partial charge is 0.328 e. The number of nitrogens with zero attached hydrogens (tertiary/aromatic N) is 3. The van der Waals surface area contributed by atoms with E-state index in [0.717, 1.165) is 0 Å². The molecule has 4 aromatic rings. The number of halogens is 1. The normalized spacial score (nSPS) is 12.2. The topological polar surface area (TPSA) is 83.6 Å². The maximum absolute atomic E-state index is 13.7. The minimum absolute atomic E-state index is 0.128. The minimum Gasteiger partial charge on any atom is -0.328 e. The Morgan fingerprint density at radius 3 is 2.78 bits per heavy atom.